The number of carbonyl (C=O) groups is 2. The number of ketones is 1. The second-order valence-corrected chi connectivity index (χ2v) is 2.68. The van der Waals surface area contributed by atoms with E-state index in [9.17, 15) is 9.59 Å². The predicted octanol–water partition coefficient (Wildman–Crippen LogP) is 1.54. The normalized spacial score (nSPS) is 16.0. The van der Waals surface area contributed by atoms with Gasteiger partial charge in [0.25, 0.3) is 0 Å². The molecule has 12 heavy (non-hydrogen) atoms. The summed E-state index contributed by atoms with van der Waals surface area (Å²) >= 11 is 0. The predicted molar refractivity (Wildman–Crippen MR) is 42.5 cm³/mol. The molecule has 1 aliphatic carbocycles. The second-order valence-electron chi connectivity index (χ2n) is 2.68. The molecule has 0 aromatic carbocycles. The van der Waals surface area contributed by atoms with E-state index in [1.165, 1.54) is 6.42 Å². The molecular formula is C8H14O4. The second kappa shape index (κ2) is 6.79. The topological polar surface area (TPSA) is 63.6 Å². The molecule has 4 nitrogen and oxygen atoms in total. The first-order valence-corrected chi connectivity index (χ1v) is 4.00. The Hall–Kier alpha value is -0.900. The molecule has 70 valence electrons. The summed E-state index contributed by atoms with van der Waals surface area (Å²) in [6.45, 7) is 1.11. The van der Waals surface area contributed by atoms with Crippen molar-refractivity contribution in [2.45, 2.75) is 39.0 Å². The van der Waals surface area contributed by atoms with Gasteiger partial charge >= 0.3 is 5.97 Å². The Morgan fingerprint density at radius 2 is 1.75 bits per heavy atom. The number of carbonyl (C=O) groups excluding carboxylic acids is 2. The zero-order chi connectivity index (χ0) is 9.40. The fourth-order valence-electron chi connectivity index (χ4n) is 0.946. The largest absolute Gasteiger partial charge is 0.339 e. The molecule has 0 atom stereocenters. The molecule has 1 aliphatic rings. The van der Waals surface area contributed by atoms with Gasteiger partial charge in [0.15, 0.2) is 0 Å². The molecule has 0 unspecified atom stereocenters. The Labute approximate surface area is 71.5 Å². The summed E-state index contributed by atoms with van der Waals surface area (Å²) < 4.78 is 0. The summed E-state index contributed by atoms with van der Waals surface area (Å²) in [7, 11) is 0. The van der Waals surface area contributed by atoms with E-state index in [4.69, 9.17) is 5.26 Å². The molecule has 0 radical (unpaired) electrons. The van der Waals surface area contributed by atoms with Crippen molar-refractivity contribution in [1.29, 1.82) is 0 Å². The van der Waals surface area contributed by atoms with E-state index < -0.39 is 5.97 Å². The fourth-order valence-corrected chi connectivity index (χ4v) is 0.946. The number of Topliss-reactive ketones (excluding diaryl/α,β-unsaturated/α-hetero) is 1. The van der Waals surface area contributed by atoms with Crippen molar-refractivity contribution in [3.8, 4) is 0 Å². The smallest absolute Gasteiger partial charge is 0.301 e. The maximum atomic E-state index is 10.5. The summed E-state index contributed by atoms with van der Waals surface area (Å²) in [6.07, 6.45) is 5.24. The summed E-state index contributed by atoms with van der Waals surface area (Å²) in [4.78, 5) is 22.9. The molecule has 1 N–H and O–H groups in total. The van der Waals surface area contributed by atoms with Crippen molar-refractivity contribution in [1.82, 2.24) is 0 Å². The Morgan fingerprint density at radius 3 is 1.92 bits per heavy atom. The molecular weight excluding hydrogens is 160 g/mol. The Balaban J connectivity index is 0.000000217. The molecule has 1 saturated carbocycles. The van der Waals surface area contributed by atoms with Gasteiger partial charge in [-0.3, -0.25) is 4.79 Å². The first-order chi connectivity index (χ1) is 5.66. The summed E-state index contributed by atoms with van der Waals surface area (Å²) in [5, 5.41) is 7.29. The van der Waals surface area contributed by atoms with Crippen LogP contribution in [0.15, 0.2) is 0 Å². The maximum absolute atomic E-state index is 10.5. The summed E-state index contributed by atoms with van der Waals surface area (Å²) in [6, 6.07) is 0. The van der Waals surface area contributed by atoms with Crippen LogP contribution >= 0.6 is 0 Å². The average Bonchev–Trinajstić information content (AvgIpc) is 2.07. The molecule has 0 aromatic rings. The van der Waals surface area contributed by atoms with Crippen LogP contribution in [0.3, 0.4) is 0 Å². The average molecular weight is 174 g/mol. The van der Waals surface area contributed by atoms with Gasteiger partial charge in [0.1, 0.15) is 5.78 Å². The van der Waals surface area contributed by atoms with Crippen molar-refractivity contribution >= 4 is 11.8 Å². The monoisotopic (exact) mass is 174 g/mol. The van der Waals surface area contributed by atoms with Crippen LogP contribution in [0, 0.1) is 0 Å². The van der Waals surface area contributed by atoms with Crippen LogP contribution in [-0.2, 0) is 14.5 Å². The third-order valence-electron chi connectivity index (χ3n) is 1.54. The summed E-state index contributed by atoms with van der Waals surface area (Å²) in [5.74, 6) is -0.226. The minimum absolute atomic E-state index is 0.464. The Morgan fingerprint density at radius 1 is 1.33 bits per heavy atom. The fraction of sp³-hybridized carbons (Fsp3) is 0.750. The molecule has 0 amide bonds. The van der Waals surface area contributed by atoms with Crippen LogP contribution in [0.1, 0.15) is 39.0 Å². The molecule has 0 aliphatic heterocycles. The molecule has 0 heterocycles. The highest BCUT2D eigenvalue weighted by Crippen LogP contribution is 2.12. The molecule has 1 fully saturated rings. The third kappa shape index (κ3) is 7.21. The van der Waals surface area contributed by atoms with Gasteiger partial charge in [-0.15, -0.1) is 0 Å². The maximum Gasteiger partial charge on any atom is 0.339 e. The van der Waals surface area contributed by atoms with Gasteiger partial charge in [-0.2, -0.15) is 5.26 Å². The Bertz CT molecular complexity index is 145. The lowest BCUT2D eigenvalue weighted by Gasteiger charge is -2.05. The standard InChI is InChI=1S/C6H10O.C2H4O3/c7-6-4-2-1-3-5-6;1-2(3)5-4/h1-5H2;4H,1H3. The minimum atomic E-state index is -0.690. The van der Waals surface area contributed by atoms with Gasteiger partial charge in [-0.25, -0.2) is 4.79 Å². The lowest BCUT2D eigenvalue weighted by atomic mass is 10.00. The first-order valence-electron chi connectivity index (χ1n) is 4.00. The van der Waals surface area contributed by atoms with Crippen LogP contribution in [0.25, 0.3) is 0 Å². The van der Waals surface area contributed by atoms with Crippen LogP contribution in [0.5, 0.6) is 0 Å². The highest BCUT2D eigenvalue weighted by molar-refractivity contribution is 5.78. The van der Waals surface area contributed by atoms with Gasteiger partial charge in [0.2, 0.25) is 0 Å². The number of rotatable bonds is 0. The van der Waals surface area contributed by atoms with Crippen molar-refractivity contribution < 1.29 is 19.7 Å². The van der Waals surface area contributed by atoms with E-state index in [2.05, 4.69) is 4.89 Å². The van der Waals surface area contributed by atoms with E-state index in [1.54, 1.807) is 0 Å². The van der Waals surface area contributed by atoms with E-state index in [1.807, 2.05) is 0 Å². The third-order valence-corrected chi connectivity index (χ3v) is 1.54. The van der Waals surface area contributed by atoms with Gasteiger partial charge in [0, 0.05) is 19.8 Å². The molecule has 1 rings (SSSR count). The van der Waals surface area contributed by atoms with E-state index in [0.717, 1.165) is 32.6 Å². The Kier molecular flexibility index (Phi) is 6.28. The highest BCUT2D eigenvalue weighted by Gasteiger charge is 2.05. The van der Waals surface area contributed by atoms with Gasteiger partial charge in [0.05, 0.1) is 0 Å². The van der Waals surface area contributed by atoms with E-state index in [-0.39, 0.29) is 0 Å². The lowest BCUT2D eigenvalue weighted by molar-refractivity contribution is -0.231. The van der Waals surface area contributed by atoms with Crippen LogP contribution in [0.2, 0.25) is 0 Å². The van der Waals surface area contributed by atoms with E-state index >= 15 is 0 Å². The SMILES string of the molecule is CC(=O)OO.O=C1CCCCC1. The van der Waals surface area contributed by atoms with Crippen molar-refractivity contribution in [2.75, 3.05) is 0 Å². The minimum Gasteiger partial charge on any atom is -0.301 e. The zero-order valence-corrected chi connectivity index (χ0v) is 7.21. The molecule has 0 aromatic heterocycles. The molecule has 0 saturated heterocycles. The van der Waals surface area contributed by atoms with Crippen LogP contribution in [0.4, 0.5) is 0 Å². The number of hydrogen-bond acceptors (Lipinski definition) is 4. The number of hydrogen-bond donors (Lipinski definition) is 1. The van der Waals surface area contributed by atoms with Gasteiger partial charge < -0.3 is 4.89 Å². The molecule has 0 bridgehead atoms. The molecule has 4 heteroatoms. The highest BCUT2D eigenvalue weighted by atomic mass is 17.1. The van der Waals surface area contributed by atoms with Crippen LogP contribution < -0.4 is 0 Å². The van der Waals surface area contributed by atoms with Crippen molar-refractivity contribution in [3.63, 3.8) is 0 Å². The van der Waals surface area contributed by atoms with Gasteiger partial charge in [-0.1, -0.05) is 6.42 Å². The summed E-state index contributed by atoms with van der Waals surface area (Å²) in [5.41, 5.74) is 0. The lowest BCUT2D eigenvalue weighted by Crippen LogP contribution is -2.02. The van der Waals surface area contributed by atoms with Gasteiger partial charge in [-0.05, 0) is 12.8 Å². The van der Waals surface area contributed by atoms with Crippen LogP contribution in [-0.4, -0.2) is 17.0 Å². The van der Waals surface area contributed by atoms with E-state index in [0.29, 0.717) is 5.78 Å². The molecule has 0 spiro atoms. The van der Waals surface area contributed by atoms with Crippen molar-refractivity contribution in [2.24, 2.45) is 0 Å². The quantitative estimate of drug-likeness (QED) is 0.447. The first kappa shape index (κ1) is 11.1. The van der Waals surface area contributed by atoms with Crippen molar-refractivity contribution in [3.05, 3.63) is 0 Å². The zero-order valence-electron chi connectivity index (χ0n) is 7.21.